The number of rotatable bonds is 11. The van der Waals surface area contributed by atoms with E-state index in [1.165, 1.54) is 91.0 Å². The molecule has 0 radical (unpaired) electrons. The Labute approximate surface area is 377 Å². The van der Waals surface area contributed by atoms with E-state index in [1.54, 1.807) is 23.3 Å². The van der Waals surface area contributed by atoms with Crippen LogP contribution in [-0.2, 0) is 19.4 Å². The number of aromatic nitrogens is 2. The van der Waals surface area contributed by atoms with E-state index in [0.29, 0.717) is 12.2 Å². The molecule has 0 bridgehead atoms. The van der Waals surface area contributed by atoms with E-state index < -0.39 is 22.2 Å². The monoisotopic (exact) mass is 855 g/mol. The maximum atomic E-state index is 13.8. The molecular formula is C58H53N3O4. The van der Waals surface area contributed by atoms with Crippen molar-refractivity contribution < 1.29 is 0 Å². The van der Waals surface area contributed by atoms with Crippen LogP contribution in [0.3, 0.4) is 0 Å². The summed E-state index contributed by atoms with van der Waals surface area (Å²) < 4.78 is 2.41. The molecule has 2 aliphatic heterocycles. The van der Waals surface area contributed by atoms with Crippen molar-refractivity contribution >= 4 is 48.8 Å². The molecule has 4 heterocycles. The predicted molar refractivity (Wildman–Crippen MR) is 269 cm³/mol. The summed E-state index contributed by atoms with van der Waals surface area (Å²) in [5.74, 6) is 0. The number of unbranched alkanes of at least 4 members (excludes halogenated alkanes) is 5. The van der Waals surface area contributed by atoms with Gasteiger partial charge in [-0.1, -0.05) is 124 Å². The van der Waals surface area contributed by atoms with Gasteiger partial charge in [0.05, 0.1) is 27.2 Å². The molecule has 324 valence electrons. The van der Waals surface area contributed by atoms with Crippen molar-refractivity contribution in [3.05, 3.63) is 173 Å². The van der Waals surface area contributed by atoms with Gasteiger partial charge >= 0.3 is 0 Å². The minimum Gasteiger partial charge on any atom is -0.371 e. The Morgan fingerprint density at radius 2 is 0.908 bits per heavy atom. The van der Waals surface area contributed by atoms with Gasteiger partial charge in [-0.25, -0.2) is 4.57 Å². The molecule has 11 rings (SSSR count). The molecule has 9 aromatic rings. The van der Waals surface area contributed by atoms with Crippen molar-refractivity contribution in [3.8, 4) is 39.1 Å². The highest BCUT2D eigenvalue weighted by molar-refractivity contribution is 6.22. The Balaban J connectivity index is 0.928. The molecule has 0 unspecified atom stereocenters. The Bertz CT molecular complexity index is 3410. The first kappa shape index (κ1) is 40.9. The summed E-state index contributed by atoms with van der Waals surface area (Å²) in [4.78, 5) is 57.0. The van der Waals surface area contributed by atoms with Crippen LogP contribution < -0.4 is 27.1 Å². The van der Waals surface area contributed by atoms with Crippen LogP contribution in [0.5, 0.6) is 0 Å². The molecule has 0 saturated carbocycles. The van der Waals surface area contributed by atoms with Crippen LogP contribution in [-0.4, -0.2) is 22.2 Å². The van der Waals surface area contributed by atoms with Gasteiger partial charge in [0.25, 0.3) is 22.2 Å². The summed E-state index contributed by atoms with van der Waals surface area (Å²) in [5.41, 5.74) is 13.1. The molecule has 2 aromatic heterocycles. The minimum absolute atomic E-state index is 0.151. The van der Waals surface area contributed by atoms with Gasteiger partial charge in [0, 0.05) is 25.3 Å². The third-order valence-corrected chi connectivity index (χ3v) is 14.8. The first-order chi connectivity index (χ1) is 31.7. The number of nitrogens with zero attached hydrogens (tertiary/aromatic N) is 3. The minimum atomic E-state index is -0.497. The smallest absolute Gasteiger partial charge is 0.266 e. The van der Waals surface area contributed by atoms with Crippen LogP contribution in [0.2, 0.25) is 0 Å². The zero-order valence-electron chi connectivity index (χ0n) is 37.6. The van der Waals surface area contributed by atoms with E-state index in [9.17, 15) is 19.2 Å². The van der Waals surface area contributed by atoms with E-state index in [-0.39, 0.29) is 21.5 Å². The molecule has 0 atom stereocenters. The zero-order chi connectivity index (χ0) is 44.5. The van der Waals surface area contributed by atoms with E-state index in [2.05, 4.69) is 98.5 Å². The molecule has 7 nitrogen and oxygen atoms in total. The standard InChI is InChI=1S/C58H53N3O4/c1-4-5-6-7-8-13-32-60-55(62)47-33-49-50(34-48(47)56(60)63)58(65)61(57(49)64)40-28-26-38(27-29-40)37-22-24-39(25-23-37)52-43-16-9-11-18-45(43)53(46-19-12-10-17-44(46)52)51-35(2)41-20-14-30-59-31-15-21-42(36(51)3)54(41)59/h9-12,16-19,22-29,33-34H,4-8,13-15,20-21,30-32H2,1-3H3. The van der Waals surface area contributed by atoms with Gasteiger partial charge < -0.3 is 4.90 Å². The molecule has 0 aliphatic carbocycles. The van der Waals surface area contributed by atoms with Crippen LogP contribution >= 0.6 is 0 Å². The van der Waals surface area contributed by atoms with Crippen molar-refractivity contribution in [1.82, 2.24) is 9.13 Å². The van der Waals surface area contributed by atoms with Gasteiger partial charge in [0.1, 0.15) is 0 Å². The van der Waals surface area contributed by atoms with Crippen molar-refractivity contribution in [2.45, 2.75) is 91.5 Å². The molecule has 2 aliphatic rings. The molecule has 65 heavy (non-hydrogen) atoms. The van der Waals surface area contributed by atoms with Crippen LogP contribution in [0.4, 0.5) is 5.69 Å². The first-order valence-electron chi connectivity index (χ1n) is 23.7. The fourth-order valence-corrected chi connectivity index (χ4v) is 11.6. The Morgan fingerprint density at radius 1 is 0.462 bits per heavy atom. The van der Waals surface area contributed by atoms with Crippen LogP contribution in [0.25, 0.3) is 82.2 Å². The number of anilines is 1. The SMILES string of the molecule is CCCCCCCCn1c(=O)c2cc3c(=O)n(-c4ccc(-c5ccc(-c6c7ccccc7c(-c7c(C)c8c9c(c7C)CCCN9CCC8)c7ccccc67)cc5)cc4)c(=O)c3cc2c1=O. The summed E-state index contributed by atoms with van der Waals surface area (Å²) in [6.07, 6.45) is 10.9. The van der Waals surface area contributed by atoms with Crippen LogP contribution in [0, 0.1) is 13.8 Å². The second-order valence-electron chi connectivity index (χ2n) is 18.5. The highest BCUT2D eigenvalue weighted by Gasteiger charge is 2.30. The first-order valence-corrected chi connectivity index (χ1v) is 23.7. The molecular weight excluding hydrogens is 803 g/mol. The Kier molecular flexibility index (Phi) is 10.2. The normalized spacial score (nSPS) is 13.7. The molecule has 0 amide bonds. The predicted octanol–water partition coefficient (Wildman–Crippen LogP) is 11.9. The molecule has 7 aromatic carbocycles. The molecule has 7 heteroatoms. The van der Waals surface area contributed by atoms with E-state index >= 15 is 0 Å². The molecule has 0 spiro atoms. The number of benzene rings is 7. The summed E-state index contributed by atoms with van der Waals surface area (Å²) in [7, 11) is 0. The number of hydrogen-bond acceptors (Lipinski definition) is 5. The van der Waals surface area contributed by atoms with Crippen molar-refractivity contribution in [3.63, 3.8) is 0 Å². The lowest BCUT2D eigenvalue weighted by Crippen LogP contribution is -2.35. The third-order valence-electron chi connectivity index (χ3n) is 14.8. The summed E-state index contributed by atoms with van der Waals surface area (Å²) in [6, 6.07) is 36.8. The lowest BCUT2D eigenvalue weighted by molar-refractivity contribution is 0.547. The largest absolute Gasteiger partial charge is 0.371 e. The number of fused-ring (bicyclic) bond motifs is 4. The topological polar surface area (TPSA) is 81.4 Å². The van der Waals surface area contributed by atoms with Crippen molar-refractivity contribution in [2.24, 2.45) is 0 Å². The molecule has 0 N–H and O–H groups in total. The second-order valence-corrected chi connectivity index (χ2v) is 18.5. The summed E-state index contributed by atoms with van der Waals surface area (Å²) >= 11 is 0. The average Bonchev–Trinajstić information content (AvgIpc) is 3.73. The maximum Gasteiger partial charge on any atom is 0.266 e. The maximum absolute atomic E-state index is 13.8. The van der Waals surface area contributed by atoms with Crippen LogP contribution in [0.1, 0.15) is 80.5 Å². The van der Waals surface area contributed by atoms with Crippen molar-refractivity contribution in [1.29, 1.82) is 0 Å². The second kappa shape index (κ2) is 16.3. The zero-order valence-corrected chi connectivity index (χ0v) is 37.6. The van der Waals surface area contributed by atoms with E-state index in [0.717, 1.165) is 79.3 Å². The van der Waals surface area contributed by atoms with E-state index in [4.69, 9.17) is 0 Å². The lowest BCUT2D eigenvalue weighted by Gasteiger charge is -2.39. The van der Waals surface area contributed by atoms with E-state index in [1.807, 2.05) is 12.1 Å². The quantitative estimate of drug-likeness (QED) is 0.0956. The van der Waals surface area contributed by atoms with Gasteiger partial charge in [0.15, 0.2) is 0 Å². The summed E-state index contributed by atoms with van der Waals surface area (Å²) in [6.45, 7) is 9.55. The van der Waals surface area contributed by atoms with Gasteiger partial charge in [-0.15, -0.1) is 0 Å². The van der Waals surface area contributed by atoms with Crippen molar-refractivity contribution in [2.75, 3.05) is 18.0 Å². The Hall–Kier alpha value is -6.86. The molecule has 0 saturated heterocycles. The van der Waals surface area contributed by atoms with Crippen LogP contribution in [0.15, 0.2) is 128 Å². The lowest BCUT2D eigenvalue weighted by atomic mass is 9.78. The van der Waals surface area contributed by atoms with Gasteiger partial charge in [-0.3, -0.25) is 23.7 Å². The van der Waals surface area contributed by atoms with Gasteiger partial charge in [-0.05, 0) is 147 Å². The average molecular weight is 856 g/mol. The van der Waals surface area contributed by atoms with Gasteiger partial charge in [0.2, 0.25) is 0 Å². The third kappa shape index (κ3) is 6.53. The summed E-state index contributed by atoms with van der Waals surface area (Å²) in [5, 5.41) is 5.69. The van der Waals surface area contributed by atoms with Gasteiger partial charge in [-0.2, -0.15) is 0 Å². The highest BCUT2D eigenvalue weighted by Crippen LogP contribution is 2.50. The fraction of sp³-hybridized carbons (Fsp3) is 0.276. The Morgan fingerprint density at radius 3 is 1.43 bits per heavy atom. The number of hydrogen-bond donors (Lipinski definition) is 0. The fourth-order valence-electron chi connectivity index (χ4n) is 11.6. The highest BCUT2D eigenvalue weighted by atomic mass is 16.2. The molecule has 0 fully saturated rings.